The lowest BCUT2D eigenvalue weighted by molar-refractivity contribution is -0.142. The van der Waals surface area contributed by atoms with Crippen molar-refractivity contribution in [2.45, 2.75) is 6.04 Å². The van der Waals surface area contributed by atoms with E-state index >= 15 is 0 Å². The molecule has 1 aromatic rings. The Morgan fingerprint density at radius 2 is 2.45 bits per heavy atom. The quantitative estimate of drug-likeness (QED) is 0.581. The number of hydrogen-bond donors (Lipinski definition) is 2. The highest BCUT2D eigenvalue weighted by Gasteiger charge is 2.18. The highest BCUT2D eigenvalue weighted by Crippen LogP contribution is 2.00. The van der Waals surface area contributed by atoms with E-state index in [0.717, 1.165) is 4.68 Å². The summed E-state index contributed by atoms with van der Waals surface area (Å²) < 4.78 is 1.09. The van der Waals surface area contributed by atoms with Crippen LogP contribution in [0.2, 0.25) is 0 Å². The van der Waals surface area contributed by atoms with E-state index in [1.165, 1.54) is 12.7 Å². The summed E-state index contributed by atoms with van der Waals surface area (Å²) in [5, 5.41) is 20.7. The molecule has 0 aliphatic carbocycles. The second-order valence-corrected chi connectivity index (χ2v) is 1.91. The Kier molecular flexibility index (Phi) is 2.17. The summed E-state index contributed by atoms with van der Waals surface area (Å²) in [7, 11) is 0. The van der Waals surface area contributed by atoms with E-state index in [0.29, 0.717) is 0 Å². The first-order valence-electron chi connectivity index (χ1n) is 2.93. The van der Waals surface area contributed by atoms with Crippen molar-refractivity contribution in [2.24, 2.45) is 0 Å². The second kappa shape index (κ2) is 3.11. The number of nitrogens with zero attached hydrogens (tertiary/aromatic N) is 3. The van der Waals surface area contributed by atoms with Gasteiger partial charge in [0.2, 0.25) is 0 Å². The number of hydrogen-bond acceptors (Lipinski definition) is 4. The van der Waals surface area contributed by atoms with Gasteiger partial charge >= 0.3 is 5.97 Å². The molecule has 0 aromatic carbocycles. The van der Waals surface area contributed by atoms with Crippen molar-refractivity contribution in [2.75, 3.05) is 6.61 Å². The Morgan fingerprint density at radius 1 is 1.73 bits per heavy atom. The third kappa shape index (κ3) is 1.53. The number of aliphatic hydroxyl groups excluding tert-OH is 1. The van der Waals surface area contributed by atoms with Gasteiger partial charge in [-0.3, -0.25) is 0 Å². The van der Waals surface area contributed by atoms with E-state index in [1.54, 1.807) is 0 Å². The minimum absolute atomic E-state index is 0.487. The molecule has 1 atom stereocenters. The fourth-order valence-electron chi connectivity index (χ4n) is 0.653. The first-order valence-corrected chi connectivity index (χ1v) is 2.93. The molecule has 6 nitrogen and oxygen atoms in total. The van der Waals surface area contributed by atoms with Gasteiger partial charge in [-0.2, -0.15) is 5.10 Å². The molecule has 0 aliphatic rings. The van der Waals surface area contributed by atoms with Crippen molar-refractivity contribution in [3.05, 3.63) is 12.7 Å². The summed E-state index contributed by atoms with van der Waals surface area (Å²) in [6.45, 7) is -0.487. The fraction of sp³-hybridized carbons (Fsp3) is 0.400. The topological polar surface area (TPSA) is 88.2 Å². The summed E-state index contributed by atoms with van der Waals surface area (Å²) >= 11 is 0. The van der Waals surface area contributed by atoms with Crippen molar-refractivity contribution in [3.8, 4) is 0 Å². The van der Waals surface area contributed by atoms with Crippen molar-refractivity contribution in [1.82, 2.24) is 14.8 Å². The molecule has 0 saturated heterocycles. The van der Waals surface area contributed by atoms with Crippen LogP contribution in [0.4, 0.5) is 0 Å². The van der Waals surface area contributed by atoms with E-state index in [-0.39, 0.29) is 0 Å². The lowest BCUT2D eigenvalue weighted by Gasteiger charge is -2.06. The van der Waals surface area contributed by atoms with Crippen molar-refractivity contribution in [3.63, 3.8) is 0 Å². The van der Waals surface area contributed by atoms with Gasteiger partial charge in [-0.1, -0.05) is 0 Å². The number of rotatable bonds is 3. The van der Waals surface area contributed by atoms with Crippen LogP contribution >= 0.6 is 0 Å². The average molecular weight is 157 g/mol. The van der Waals surface area contributed by atoms with Crippen molar-refractivity contribution >= 4 is 5.97 Å². The first kappa shape index (κ1) is 7.67. The fourth-order valence-corrected chi connectivity index (χ4v) is 0.653. The zero-order valence-electron chi connectivity index (χ0n) is 5.58. The van der Waals surface area contributed by atoms with E-state index in [9.17, 15) is 4.79 Å². The Labute approximate surface area is 62.1 Å². The maximum Gasteiger partial charge on any atom is 0.330 e. The molecule has 0 radical (unpaired) electrons. The molecule has 0 bridgehead atoms. The van der Waals surface area contributed by atoms with Gasteiger partial charge in [0.15, 0.2) is 6.04 Å². The zero-order chi connectivity index (χ0) is 8.27. The highest BCUT2D eigenvalue weighted by molar-refractivity contribution is 5.71. The number of aliphatic hydroxyl groups is 1. The van der Waals surface area contributed by atoms with Gasteiger partial charge in [0.1, 0.15) is 12.7 Å². The summed E-state index contributed by atoms with van der Waals surface area (Å²) in [5.74, 6) is -1.13. The Bertz CT molecular complexity index is 233. The lowest BCUT2D eigenvalue weighted by Crippen LogP contribution is -2.22. The Hall–Kier alpha value is -1.43. The second-order valence-electron chi connectivity index (χ2n) is 1.91. The maximum absolute atomic E-state index is 10.4. The lowest BCUT2D eigenvalue weighted by atomic mass is 10.3. The van der Waals surface area contributed by atoms with Crippen molar-refractivity contribution in [1.29, 1.82) is 0 Å². The number of carboxylic acids is 1. The molecule has 1 unspecified atom stereocenters. The van der Waals surface area contributed by atoms with E-state index in [2.05, 4.69) is 10.1 Å². The van der Waals surface area contributed by atoms with Crippen LogP contribution in [0.25, 0.3) is 0 Å². The molecule has 0 fully saturated rings. The smallest absolute Gasteiger partial charge is 0.330 e. The van der Waals surface area contributed by atoms with Crippen LogP contribution in [0, 0.1) is 0 Å². The highest BCUT2D eigenvalue weighted by atomic mass is 16.4. The van der Waals surface area contributed by atoms with Crippen LogP contribution in [0.15, 0.2) is 12.7 Å². The van der Waals surface area contributed by atoms with Gasteiger partial charge in [0.05, 0.1) is 6.61 Å². The molecular formula is C5H7N3O3. The van der Waals surface area contributed by atoms with E-state index in [1.807, 2.05) is 0 Å². The molecule has 0 spiro atoms. The minimum Gasteiger partial charge on any atom is -0.480 e. The largest absolute Gasteiger partial charge is 0.480 e. The number of carboxylic acid groups (broad SMARTS) is 1. The maximum atomic E-state index is 10.4. The summed E-state index contributed by atoms with van der Waals surface area (Å²) in [6.07, 6.45) is 2.46. The van der Waals surface area contributed by atoms with Gasteiger partial charge in [-0.15, -0.1) is 0 Å². The molecule has 1 rings (SSSR count). The van der Waals surface area contributed by atoms with Crippen LogP contribution in [-0.2, 0) is 4.79 Å². The predicted molar refractivity (Wildman–Crippen MR) is 33.8 cm³/mol. The summed E-state index contributed by atoms with van der Waals surface area (Å²) in [4.78, 5) is 13.9. The van der Waals surface area contributed by atoms with Gasteiger partial charge in [-0.05, 0) is 0 Å². The van der Waals surface area contributed by atoms with Gasteiger partial charge < -0.3 is 10.2 Å². The first-order chi connectivity index (χ1) is 5.25. The van der Waals surface area contributed by atoms with Crippen LogP contribution in [-0.4, -0.2) is 37.6 Å². The molecule has 0 aliphatic heterocycles. The molecule has 0 saturated carbocycles. The van der Waals surface area contributed by atoms with E-state index in [4.69, 9.17) is 10.2 Å². The van der Waals surface area contributed by atoms with Crippen LogP contribution in [0.5, 0.6) is 0 Å². The molecule has 0 amide bonds. The average Bonchev–Trinajstić information content (AvgIpc) is 2.40. The normalized spacial score (nSPS) is 12.8. The number of aliphatic carboxylic acids is 1. The third-order valence-electron chi connectivity index (χ3n) is 1.21. The van der Waals surface area contributed by atoms with Crippen LogP contribution in [0.3, 0.4) is 0 Å². The SMILES string of the molecule is O=C(O)C(CO)n1cncn1. The molecule has 2 N–H and O–H groups in total. The summed E-state index contributed by atoms with van der Waals surface area (Å²) in [5.41, 5.74) is 0. The molecule has 11 heavy (non-hydrogen) atoms. The number of carbonyl (C=O) groups is 1. The minimum atomic E-state index is -1.13. The Balaban J connectivity index is 2.79. The monoisotopic (exact) mass is 157 g/mol. The molecular weight excluding hydrogens is 150 g/mol. The predicted octanol–water partition coefficient (Wildman–Crippen LogP) is -1.10. The molecule has 6 heteroatoms. The van der Waals surface area contributed by atoms with Gasteiger partial charge in [-0.25, -0.2) is 14.5 Å². The summed E-state index contributed by atoms with van der Waals surface area (Å²) in [6, 6.07) is -1.03. The third-order valence-corrected chi connectivity index (χ3v) is 1.21. The van der Waals surface area contributed by atoms with Gasteiger partial charge in [0.25, 0.3) is 0 Å². The van der Waals surface area contributed by atoms with Crippen molar-refractivity contribution < 1.29 is 15.0 Å². The molecule has 60 valence electrons. The number of aromatic nitrogens is 3. The standard InChI is InChI=1S/C5H7N3O3/c9-1-4(5(10)11)8-3-6-2-7-8/h2-4,9H,1H2,(H,10,11). The Morgan fingerprint density at radius 3 is 2.82 bits per heavy atom. The van der Waals surface area contributed by atoms with Crippen LogP contribution in [0.1, 0.15) is 6.04 Å². The van der Waals surface area contributed by atoms with E-state index < -0.39 is 18.6 Å². The molecule has 1 aromatic heterocycles. The molecule has 1 heterocycles. The zero-order valence-corrected chi connectivity index (χ0v) is 5.58. The van der Waals surface area contributed by atoms with Crippen LogP contribution < -0.4 is 0 Å². The van der Waals surface area contributed by atoms with Gasteiger partial charge in [0, 0.05) is 0 Å².